The van der Waals surface area contributed by atoms with Gasteiger partial charge in [0.1, 0.15) is 22.3 Å². The molecule has 0 radical (unpaired) electrons. The van der Waals surface area contributed by atoms with Crippen molar-refractivity contribution in [3.63, 3.8) is 0 Å². The van der Waals surface area contributed by atoms with Crippen LogP contribution in [0.3, 0.4) is 0 Å². The number of benzene rings is 14. The first-order valence-electron chi connectivity index (χ1n) is 30.6. The zero-order valence-corrected chi connectivity index (χ0v) is 48.9. The van der Waals surface area contributed by atoms with Crippen LogP contribution in [0.5, 0.6) is 0 Å². The van der Waals surface area contributed by atoms with Gasteiger partial charge in [-0.25, -0.2) is 0 Å². The van der Waals surface area contributed by atoms with Crippen molar-refractivity contribution in [2.45, 2.75) is 0 Å². The third-order valence-electron chi connectivity index (χ3n) is 17.9. The Balaban J connectivity index is 0.000000139. The molecular weight excluding hydrogens is 1090 g/mol. The van der Waals surface area contributed by atoms with E-state index in [1.54, 1.807) is 0 Å². The van der Waals surface area contributed by atoms with Crippen molar-refractivity contribution < 1.29 is 8.83 Å². The molecule has 0 amide bonds. The summed E-state index contributed by atoms with van der Waals surface area (Å²) >= 11 is 0. The molecule has 90 heavy (non-hydrogen) atoms. The van der Waals surface area contributed by atoms with Crippen LogP contribution < -0.4 is 0 Å². The molecule has 0 fully saturated rings. The molecule has 4 nitrogen and oxygen atoms in total. The first-order valence-corrected chi connectivity index (χ1v) is 30.6. The van der Waals surface area contributed by atoms with E-state index in [4.69, 9.17) is 18.8 Å². The Bertz CT molecular complexity index is 5610. The van der Waals surface area contributed by atoms with E-state index in [1.165, 1.54) is 87.6 Å². The van der Waals surface area contributed by atoms with Gasteiger partial charge in [0.25, 0.3) is 0 Å². The predicted octanol–water partition coefficient (Wildman–Crippen LogP) is 23.9. The van der Waals surface area contributed by atoms with Crippen molar-refractivity contribution in [2.24, 2.45) is 0 Å². The molecule has 0 bridgehead atoms. The van der Waals surface area contributed by atoms with Crippen molar-refractivity contribution in [2.75, 3.05) is 0 Å². The van der Waals surface area contributed by atoms with Crippen molar-refractivity contribution in [1.29, 1.82) is 0 Å². The lowest BCUT2D eigenvalue weighted by atomic mass is 9.86. The standard InChI is InChI=1S/2C43H27NO/c1-2-11-28(12-3-1)29-21-23-30(24-22-29)41-33-13-4-6-15-35(33)42(36-16-7-5-14-34(36)41)38-26-25-31(27-44-38)32-18-10-20-40-43(32)37-17-8-9-19-39(37)45-40;1-2-10-28(11-3-1)29-18-20-30(21-19-29)42-34-13-4-6-15-36(34)43(37-16-7-5-14-35(37)42)39-24-22-32(27-44-39)31-23-25-41-38(26-31)33-12-8-9-17-40(33)45-41/h2*1-27H. The maximum Gasteiger partial charge on any atom is 0.136 e. The number of hydrogen-bond donors (Lipinski definition) is 0. The highest BCUT2D eigenvalue weighted by Crippen LogP contribution is 2.47. The van der Waals surface area contributed by atoms with E-state index in [2.05, 4.69) is 285 Å². The van der Waals surface area contributed by atoms with Crippen LogP contribution in [0.4, 0.5) is 0 Å². The van der Waals surface area contributed by atoms with Gasteiger partial charge in [-0.05, 0) is 141 Å². The summed E-state index contributed by atoms with van der Waals surface area (Å²) in [4.78, 5) is 10.2. The minimum atomic E-state index is 0.891. The fourth-order valence-electron chi connectivity index (χ4n) is 13.7. The van der Waals surface area contributed by atoms with Gasteiger partial charge in [-0.1, -0.05) is 273 Å². The number of furan rings is 2. The Morgan fingerprint density at radius 2 is 0.522 bits per heavy atom. The molecular formula is C86H54N2O2. The summed E-state index contributed by atoms with van der Waals surface area (Å²) in [6.45, 7) is 0. The smallest absolute Gasteiger partial charge is 0.136 e. The second-order valence-corrected chi connectivity index (χ2v) is 23.0. The van der Waals surface area contributed by atoms with Gasteiger partial charge in [0, 0.05) is 56.2 Å². The zero-order valence-electron chi connectivity index (χ0n) is 48.9. The molecule has 0 saturated carbocycles. The third-order valence-corrected chi connectivity index (χ3v) is 17.9. The summed E-state index contributed by atoms with van der Waals surface area (Å²) in [5.41, 5.74) is 22.0. The Morgan fingerprint density at radius 3 is 0.989 bits per heavy atom. The molecule has 18 aromatic rings. The molecule has 4 heteroatoms. The average Bonchev–Trinajstić information content (AvgIpc) is 1.16. The lowest BCUT2D eigenvalue weighted by Crippen LogP contribution is -1.93. The van der Waals surface area contributed by atoms with E-state index >= 15 is 0 Å². The van der Waals surface area contributed by atoms with Crippen molar-refractivity contribution in [1.82, 2.24) is 9.97 Å². The highest BCUT2D eigenvalue weighted by Gasteiger charge is 2.21. The van der Waals surface area contributed by atoms with E-state index < -0.39 is 0 Å². The first kappa shape index (κ1) is 52.4. The molecule has 0 aliphatic heterocycles. The second kappa shape index (κ2) is 22.1. The van der Waals surface area contributed by atoms with Gasteiger partial charge in [0.05, 0.1) is 11.4 Å². The van der Waals surface area contributed by atoms with Gasteiger partial charge < -0.3 is 8.83 Å². The van der Waals surface area contributed by atoms with Crippen LogP contribution in [0.1, 0.15) is 0 Å². The van der Waals surface area contributed by atoms with Crippen LogP contribution in [0.2, 0.25) is 0 Å². The second-order valence-electron chi connectivity index (χ2n) is 23.0. The fraction of sp³-hybridized carbons (Fsp3) is 0. The molecule has 4 aromatic heterocycles. The molecule has 0 unspecified atom stereocenters. The number of hydrogen-bond acceptors (Lipinski definition) is 4. The van der Waals surface area contributed by atoms with Gasteiger partial charge in [-0.2, -0.15) is 0 Å². The maximum atomic E-state index is 6.16. The minimum Gasteiger partial charge on any atom is -0.456 e. The molecule has 14 aromatic carbocycles. The van der Waals surface area contributed by atoms with Crippen LogP contribution in [-0.2, 0) is 0 Å². The molecule has 0 aliphatic rings. The monoisotopic (exact) mass is 1150 g/mol. The number of para-hydroxylation sites is 2. The molecule has 18 rings (SSSR count). The number of pyridine rings is 2. The predicted molar refractivity (Wildman–Crippen MR) is 377 cm³/mol. The van der Waals surface area contributed by atoms with Gasteiger partial charge >= 0.3 is 0 Å². The summed E-state index contributed by atoms with van der Waals surface area (Å²) < 4.78 is 12.2. The summed E-state index contributed by atoms with van der Waals surface area (Å²) in [6.07, 6.45) is 4.00. The largest absolute Gasteiger partial charge is 0.456 e. The van der Waals surface area contributed by atoms with Crippen LogP contribution in [0.15, 0.2) is 337 Å². The molecule has 0 N–H and O–H groups in total. The normalized spacial score (nSPS) is 11.6. The van der Waals surface area contributed by atoms with E-state index in [-0.39, 0.29) is 0 Å². The molecule has 420 valence electrons. The molecule has 0 atom stereocenters. The Hall–Kier alpha value is -12.0. The van der Waals surface area contributed by atoms with Crippen molar-refractivity contribution in [3.05, 3.63) is 328 Å². The quantitative estimate of drug-likeness (QED) is 0.142. The van der Waals surface area contributed by atoms with Crippen molar-refractivity contribution in [3.8, 4) is 89.3 Å². The molecule has 4 heterocycles. The summed E-state index contributed by atoms with van der Waals surface area (Å²) in [6, 6.07) is 112. The fourth-order valence-corrected chi connectivity index (χ4v) is 13.7. The number of aromatic nitrogens is 2. The SMILES string of the molecule is c1ccc(-c2ccc(-c3c4ccccc4c(-c4ccc(-c5ccc6oc7ccccc7c6c5)cn4)c4ccccc34)cc2)cc1.c1ccc(-c2ccc(-c3c4ccccc4c(-c4ccc(-c5cccc6oc7ccccc7c56)cn4)c4ccccc34)cc2)cc1. The Kier molecular flexibility index (Phi) is 12.8. The van der Waals surface area contributed by atoms with Crippen molar-refractivity contribution >= 4 is 87.0 Å². The van der Waals surface area contributed by atoms with Gasteiger partial charge in [0.15, 0.2) is 0 Å². The van der Waals surface area contributed by atoms with E-state index in [0.29, 0.717) is 0 Å². The van der Waals surface area contributed by atoms with E-state index in [1.807, 2.05) is 42.7 Å². The number of nitrogens with zero attached hydrogens (tertiary/aromatic N) is 2. The summed E-state index contributed by atoms with van der Waals surface area (Å²) in [5, 5.41) is 14.2. The summed E-state index contributed by atoms with van der Waals surface area (Å²) in [7, 11) is 0. The van der Waals surface area contributed by atoms with Gasteiger partial charge in [-0.15, -0.1) is 0 Å². The van der Waals surface area contributed by atoms with Crippen LogP contribution in [-0.4, -0.2) is 9.97 Å². The Labute approximate surface area is 519 Å². The molecule has 0 aliphatic carbocycles. The Morgan fingerprint density at radius 1 is 0.189 bits per heavy atom. The lowest BCUT2D eigenvalue weighted by molar-refractivity contribution is 0.668. The minimum absolute atomic E-state index is 0.891. The number of fused-ring (bicyclic) bond motifs is 10. The topological polar surface area (TPSA) is 52.1 Å². The van der Waals surface area contributed by atoms with Gasteiger partial charge in [0.2, 0.25) is 0 Å². The highest BCUT2D eigenvalue weighted by molar-refractivity contribution is 6.23. The number of rotatable bonds is 8. The van der Waals surface area contributed by atoms with E-state index in [0.717, 1.165) is 88.6 Å². The maximum absolute atomic E-state index is 6.16. The van der Waals surface area contributed by atoms with E-state index in [9.17, 15) is 0 Å². The first-order chi connectivity index (χ1) is 44.6. The third kappa shape index (κ3) is 9.08. The average molecular weight is 1150 g/mol. The highest BCUT2D eigenvalue weighted by atomic mass is 16.3. The zero-order chi connectivity index (χ0) is 59.5. The van der Waals surface area contributed by atoms with Crippen LogP contribution in [0.25, 0.3) is 176 Å². The lowest BCUT2D eigenvalue weighted by Gasteiger charge is -2.17. The molecule has 0 saturated heterocycles. The van der Waals surface area contributed by atoms with Crippen LogP contribution in [0, 0.1) is 0 Å². The van der Waals surface area contributed by atoms with Crippen LogP contribution >= 0.6 is 0 Å². The summed E-state index contributed by atoms with van der Waals surface area (Å²) in [5.74, 6) is 0. The molecule has 0 spiro atoms. The van der Waals surface area contributed by atoms with Gasteiger partial charge in [-0.3, -0.25) is 9.97 Å².